The standard InChI is InChI=1S/C20H24Si/c1-4-5-12-18(2)17-21(3,19-13-8-6-9-14-19)20-15-10-7-11-16-20/h4-16,18H,1,17H2,2-3H3. The van der Waals surface area contributed by atoms with E-state index in [1.165, 1.54) is 16.4 Å². The quantitative estimate of drug-likeness (QED) is 0.551. The van der Waals surface area contributed by atoms with Gasteiger partial charge in [0.25, 0.3) is 0 Å². The molecule has 1 atom stereocenters. The number of hydrogen-bond acceptors (Lipinski definition) is 0. The second kappa shape index (κ2) is 7.23. The lowest BCUT2D eigenvalue weighted by molar-refractivity contribution is 0.815. The first kappa shape index (κ1) is 15.5. The van der Waals surface area contributed by atoms with Gasteiger partial charge in [-0.2, -0.15) is 0 Å². The maximum Gasteiger partial charge on any atom is 0.115 e. The second-order valence-electron chi connectivity index (χ2n) is 5.87. The summed E-state index contributed by atoms with van der Waals surface area (Å²) in [6, 6.07) is 23.2. The maximum atomic E-state index is 3.77. The molecule has 1 heteroatoms. The van der Waals surface area contributed by atoms with Crippen molar-refractivity contribution < 1.29 is 0 Å². The number of hydrogen-bond donors (Lipinski definition) is 0. The van der Waals surface area contributed by atoms with E-state index in [0.29, 0.717) is 5.92 Å². The van der Waals surface area contributed by atoms with E-state index in [-0.39, 0.29) is 0 Å². The van der Waals surface area contributed by atoms with E-state index < -0.39 is 8.07 Å². The fourth-order valence-corrected chi connectivity index (χ4v) is 7.08. The van der Waals surface area contributed by atoms with Crippen LogP contribution in [0.1, 0.15) is 6.92 Å². The van der Waals surface area contributed by atoms with E-state index in [1.54, 1.807) is 0 Å². The summed E-state index contributed by atoms with van der Waals surface area (Å²) in [6.07, 6.45) is 6.19. The van der Waals surface area contributed by atoms with Gasteiger partial charge in [0.1, 0.15) is 8.07 Å². The lowest BCUT2D eigenvalue weighted by atomic mass is 10.2. The Hall–Kier alpha value is -1.86. The average Bonchev–Trinajstić information content (AvgIpc) is 2.54. The van der Waals surface area contributed by atoms with E-state index in [4.69, 9.17) is 0 Å². The van der Waals surface area contributed by atoms with Gasteiger partial charge in [0.2, 0.25) is 0 Å². The van der Waals surface area contributed by atoms with Gasteiger partial charge in [-0.05, 0) is 12.0 Å². The van der Waals surface area contributed by atoms with Gasteiger partial charge in [-0.1, -0.05) is 109 Å². The van der Waals surface area contributed by atoms with Gasteiger partial charge >= 0.3 is 0 Å². The van der Waals surface area contributed by atoms with Crippen LogP contribution in [0.25, 0.3) is 0 Å². The van der Waals surface area contributed by atoms with Gasteiger partial charge in [-0.25, -0.2) is 0 Å². The zero-order valence-corrected chi connectivity index (χ0v) is 14.0. The molecular formula is C20H24Si. The Morgan fingerprint density at radius 3 is 1.86 bits per heavy atom. The molecule has 0 saturated heterocycles. The highest BCUT2D eigenvalue weighted by Crippen LogP contribution is 2.19. The molecule has 2 aromatic carbocycles. The topological polar surface area (TPSA) is 0 Å². The summed E-state index contributed by atoms with van der Waals surface area (Å²) in [7, 11) is -1.70. The summed E-state index contributed by atoms with van der Waals surface area (Å²) in [5, 5.41) is 3.02. The minimum absolute atomic E-state index is 0.556. The number of rotatable bonds is 6. The molecule has 21 heavy (non-hydrogen) atoms. The molecular weight excluding hydrogens is 268 g/mol. The monoisotopic (exact) mass is 292 g/mol. The third kappa shape index (κ3) is 3.83. The summed E-state index contributed by atoms with van der Waals surface area (Å²) < 4.78 is 0. The summed E-state index contributed by atoms with van der Waals surface area (Å²) in [5.74, 6) is 0.556. The Labute approximate surface area is 129 Å². The largest absolute Gasteiger partial charge is 0.115 e. The van der Waals surface area contributed by atoms with Crippen molar-refractivity contribution in [3.63, 3.8) is 0 Å². The summed E-state index contributed by atoms with van der Waals surface area (Å²) >= 11 is 0. The van der Waals surface area contributed by atoms with Gasteiger partial charge in [0.15, 0.2) is 0 Å². The van der Waals surface area contributed by atoms with Crippen LogP contribution >= 0.6 is 0 Å². The highest BCUT2D eigenvalue weighted by atomic mass is 28.3. The molecule has 0 aliphatic heterocycles. The Balaban J connectivity index is 2.40. The minimum Gasteiger partial charge on any atom is -0.0991 e. The highest BCUT2D eigenvalue weighted by Gasteiger charge is 2.32. The van der Waals surface area contributed by atoms with Crippen molar-refractivity contribution in [1.82, 2.24) is 0 Å². The van der Waals surface area contributed by atoms with E-state index in [0.717, 1.165) is 0 Å². The fraction of sp³-hybridized carbons (Fsp3) is 0.200. The van der Waals surface area contributed by atoms with Crippen LogP contribution in [-0.4, -0.2) is 8.07 Å². The van der Waals surface area contributed by atoms with E-state index in [1.807, 2.05) is 6.08 Å². The first-order chi connectivity index (χ1) is 10.2. The van der Waals surface area contributed by atoms with Crippen LogP contribution in [0.3, 0.4) is 0 Å². The van der Waals surface area contributed by atoms with Gasteiger partial charge in [-0.3, -0.25) is 0 Å². The van der Waals surface area contributed by atoms with Crippen molar-refractivity contribution in [2.75, 3.05) is 0 Å². The van der Waals surface area contributed by atoms with Crippen molar-refractivity contribution >= 4 is 18.4 Å². The molecule has 0 aromatic heterocycles. The molecule has 0 fully saturated rings. The third-order valence-electron chi connectivity index (χ3n) is 4.13. The van der Waals surface area contributed by atoms with Crippen LogP contribution in [0.4, 0.5) is 0 Å². The highest BCUT2D eigenvalue weighted by molar-refractivity contribution is 7.01. The summed E-state index contributed by atoms with van der Waals surface area (Å²) in [5.41, 5.74) is 0. The van der Waals surface area contributed by atoms with Gasteiger partial charge < -0.3 is 0 Å². The number of allylic oxidation sites excluding steroid dienone is 3. The van der Waals surface area contributed by atoms with E-state index in [2.05, 4.69) is 92.9 Å². The van der Waals surface area contributed by atoms with Crippen molar-refractivity contribution in [3.05, 3.63) is 85.5 Å². The molecule has 0 saturated carbocycles. The predicted octanol–water partition coefficient (Wildman–Crippen LogP) is 4.26. The van der Waals surface area contributed by atoms with Crippen LogP contribution in [0.15, 0.2) is 85.5 Å². The molecule has 0 aliphatic carbocycles. The molecule has 0 heterocycles. The van der Waals surface area contributed by atoms with Gasteiger partial charge in [0, 0.05) is 0 Å². The second-order valence-corrected chi connectivity index (χ2v) is 10.1. The molecule has 0 amide bonds. The molecule has 0 nitrogen and oxygen atoms in total. The van der Waals surface area contributed by atoms with Crippen LogP contribution in [0.5, 0.6) is 0 Å². The SMILES string of the molecule is C=CC=CC(C)C[Si](C)(c1ccccc1)c1ccccc1. The Morgan fingerprint density at radius 1 is 0.952 bits per heavy atom. The normalized spacial score (nSPS) is 13.2. The van der Waals surface area contributed by atoms with Crippen LogP contribution in [0.2, 0.25) is 12.6 Å². The average molecular weight is 292 g/mol. The van der Waals surface area contributed by atoms with Crippen LogP contribution in [0, 0.1) is 5.92 Å². The van der Waals surface area contributed by atoms with Crippen LogP contribution < -0.4 is 10.4 Å². The summed E-state index contributed by atoms with van der Waals surface area (Å²) in [6.45, 7) is 8.55. The lowest BCUT2D eigenvalue weighted by Gasteiger charge is -2.30. The lowest BCUT2D eigenvalue weighted by Crippen LogP contribution is -2.56. The first-order valence-corrected chi connectivity index (χ1v) is 10.3. The Bertz CT molecular complexity index is 544. The maximum absolute atomic E-state index is 3.77. The van der Waals surface area contributed by atoms with E-state index >= 15 is 0 Å². The molecule has 2 rings (SSSR count). The molecule has 0 aliphatic rings. The van der Waals surface area contributed by atoms with Crippen molar-refractivity contribution in [2.45, 2.75) is 19.5 Å². The smallest absolute Gasteiger partial charge is 0.0991 e. The van der Waals surface area contributed by atoms with Crippen molar-refractivity contribution in [3.8, 4) is 0 Å². The van der Waals surface area contributed by atoms with Gasteiger partial charge in [-0.15, -0.1) is 0 Å². The summed E-state index contributed by atoms with van der Waals surface area (Å²) in [4.78, 5) is 0. The Morgan fingerprint density at radius 2 is 1.43 bits per heavy atom. The predicted molar refractivity (Wildman–Crippen MR) is 97.1 cm³/mol. The van der Waals surface area contributed by atoms with Crippen molar-refractivity contribution in [1.29, 1.82) is 0 Å². The van der Waals surface area contributed by atoms with Gasteiger partial charge in [0.05, 0.1) is 0 Å². The molecule has 0 bridgehead atoms. The number of benzene rings is 2. The first-order valence-electron chi connectivity index (χ1n) is 7.57. The third-order valence-corrected chi connectivity index (χ3v) is 8.80. The fourth-order valence-electron chi connectivity index (χ4n) is 2.99. The molecule has 0 N–H and O–H groups in total. The van der Waals surface area contributed by atoms with E-state index in [9.17, 15) is 0 Å². The van der Waals surface area contributed by atoms with Crippen LogP contribution in [-0.2, 0) is 0 Å². The zero-order valence-electron chi connectivity index (χ0n) is 13.0. The molecule has 0 radical (unpaired) electrons. The molecule has 108 valence electrons. The minimum atomic E-state index is -1.70. The molecule has 2 aromatic rings. The Kier molecular flexibility index (Phi) is 5.35. The van der Waals surface area contributed by atoms with Crippen molar-refractivity contribution in [2.24, 2.45) is 5.92 Å². The molecule has 0 spiro atoms. The molecule has 1 unspecified atom stereocenters. The zero-order chi connectivity index (χ0) is 15.1.